The van der Waals surface area contributed by atoms with E-state index < -0.39 is 0 Å². The van der Waals surface area contributed by atoms with Gasteiger partial charge in [-0.25, -0.2) is 0 Å². The summed E-state index contributed by atoms with van der Waals surface area (Å²) in [4.78, 5) is 2.01. The van der Waals surface area contributed by atoms with Gasteiger partial charge in [0.15, 0.2) is 0 Å². The van der Waals surface area contributed by atoms with Crippen molar-refractivity contribution in [2.24, 2.45) is 0 Å². The van der Waals surface area contributed by atoms with Crippen molar-refractivity contribution in [1.29, 1.82) is 0 Å². The van der Waals surface area contributed by atoms with Crippen molar-refractivity contribution in [2.75, 3.05) is 24.6 Å². The van der Waals surface area contributed by atoms with Crippen molar-refractivity contribution in [1.82, 2.24) is 4.90 Å². The molecule has 0 amide bonds. The van der Waals surface area contributed by atoms with Crippen LogP contribution in [0.5, 0.6) is 0 Å². The normalized spacial score (nSPS) is 9.29. The molecular formula is C15H22N3NaS2. The van der Waals surface area contributed by atoms with Crippen molar-refractivity contribution < 1.29 is 0 Å². The van der Waals surface area contributed by atoms with Crippen LogP contribution < -0.4 is 11.5 Å². The molecule has 0 aliphatic heterocycles. The van der Waals surface area contributed by atoms with E-state index in [0.717, 1.165) is 35.2 Å². The average Bonchev–Trinajstić information content (AvgIpc) is 2.42. The molecule has 4 N–H and O–H groups in total. The van der Waals surface area contributed by atoms with Crippen LogP contribution in [0.4, 0.5) is 11.4 Å². The van der Waals surface area contributed by atoms with E-state index in [4.69, 9.17) is 23.7 Å². The number of benzene rings is 2. The fourth-order valence-corrected chi connectivity index (χ4v) is 2.39. The van der Waals surface area contributed by atoms with Gasteiger partial charge < -0.3 is 16.4 Å². The van der Waals surface area contributed by atoms with Crippen molar-refractivity contribution >= 4 is 80.9 Å². The first-order valence-corrected chi connectivity index (χ1v) is 7.37. The van der Waals surface area contributed by atoms with E-state index in [1.165, 1.54) is 0 Å². The molecule has 21 heavy (non-hydrogen) atoms. The van der Waals surface area contributed by atoms with Gasteiger partial charge in [0.25, 0.3) is 0 Å². The minimum atomic E-state index is 0. The number of nitrogen functional groups attached to an aromatic ring is 2. The van der Waals surface area contributed by atoms with E-state index in [1.807, 2.05) is 41.3 Å². The molecule has 0 aliphatic rings. The quantitative estimate of drug-likeness (QED) is 0.343. The Morgan fingerprint density at radius 3 is 1.62 bits per heavy atom. The molecule has 0 saturated carbocycles. The van der Waals surface area contributed by atoms with Gasteiger partial charge in [-0.2, -0.15) is 0 Å². The van der Waals surface area contributed by atoms with Crippen molar-refractivity contribution in [2.45, 2.75) is 13.8 Å². The summed E-state index contributed by atoms with van der Waals surface area (Å²) in [5.41, 5.74) is 13.1. The molecule has 0 unspecified atom stereocenters. The second-order valence-corrected chi connectivity index (χ2v) is 5.36. The molecule has 0 fully saturated rings. The van der Waals surface area contributed by atoms with E-state index in [9.17, 15) is 0 Å². The average molecular weight is 331 g/mol. The molecule has 0 bridgehead atoms. The molecule has 0 heterocycles. The molecular weight excluding hydrogens is 309 g/mol. The summed E-state index contributed by atoms with van der Waals surface area (Å²) >= 11 is 8.82. The Morgan fingerprint density at radius 2 is 1.38 bits per heavy atom. The van der Waals surface area contributed by atoms with E-state index in [2.05, 4.69) is 26.5 Å². The van der Waals surface area contributed by atoms with E-state index >= 15 is 0 Å². The zero-order valence-electron chi connectivity index (χ0n) is 11.8. The summed E-state index contributed by atoms with van der Waals surface area (Å²) in [7, 11) is 0. The van der Waals surface area contributed by atoms with E-state index in [-0.39, 0.29) is 29.6 Å². The summed E-state index contributed by atoms with van der Waals surface area (Å²) < 4.78 is 0.690. The van der Waals surface area contributed by atoms with Gasteiger partial charge in [0.2, 0.25) is 0 Å². The molecule has 0 radical (unpaired) electrons. The SMILES string of the molecule is CCN(CC)C(=S)S.Nc1cccc2c(N)cccc12.[NaH]. The van der Waals surface area contributed by atoms with E-state index in [1.54, 1.807) is 0 Å². The fraction of sp³-hybridized carbons (Fsp3) is 0.267. The topological polar surface area (TPSA) is 55.3 Å². The summed E-state index contributed by atoms with van der Waals surface area (Å²) in [5.74, 6) is 0. The standard InChI is InChI=1S/C10H10N2.C5H11NS2.Na.H/c11-9-5-1-3-7-8(9)4-2-6-10(7)12;1-3-6(4-2)5(7)8;;/h1-6H,11-12H2;3-4H2,1-2H3,(H,7,8);;. The second kappa shape index (κ2) is 10.3. The van der Waals surface area contributed by atoms with Gasteiger partial charge >= 0.3 is 29.6 Å². The molecule has 0 aliphatic carbocycles. The number of thiol groups is 1. The maximum absolute atomic E-state index is 5.77. The Morgan fingerprint density at radius 1 is 1.00 bits per heavy atom. The molecule has 110 valence electrons. The zero-order chi connectivity index (χ0) is 15.1. The summed E-state index contributed by atoms with van der Waals surface area (Å²) in [6, 6.07) is 11.5. The van der Waals surface area contributed by atoms with Gasteiger partial charge in [0.1, 0.15) is 4.32 Å². The Hall–Kier alpha value is -0.460. The van der Waals surface area contributed by atoms with Gasteiger partial charge in [-0.05, 0) is 26.0 Å². The Bertz CT molecular complexity index is 545. The van der Waals surface area contributed by atoms with Crippen molar-refractivity contribution in [3.8, 4) is 0 Å². The van der Waals surface area contributed by atoms with Crippen LogP contribution in [0, 0.1) is 0 Å². The summed E-state index contributed by atoms with van der Waals surface area (Å²) in [6.07, 6.45) is 0. The number of hydrogen-bond acceptors (Lipinski definition) is 3. The summed E-state index contributed by atoms with van der Waals surface area (Å²) in [6.45, 7) is 6.04. The third kappa shape index (κ3) is 6.04. The van der Waals surface area contributed by atoms with Gasteiger partial charge in [-0.15, -0.1) is 12.6 Å². The molecule has 0 saturated heterocycles. The molecule has 0 atom stereocenters. The first kappa shape index (κ1) is 20.5. The number of anilines is 2. The van der Waals surface area contributed by atoms with Crippen LogP contribution in [0.15, 0.2) is 36.4 Å². The zero-order valence-corrected chi connectivity index (χ0v) is 13.5. The maximum atomic E-state index is 5.77. The van der Waals surface area contributed by atoms with Crippen LogP contribution in [0.1, 0.15) is 13.8 Å². The van der Waals surface area contributed by atoms with Gasteiger partial charge in [0.05, 0.1) is 0 Å². The van der Waals surface area contributed by atoms with Gasteiger partial charge in [0, 0.05) is 35.2 Å². The molecule has 2 aromatic carbocycles. The monoisotopic (exact) mass is 331 g/mol. The number of hydrogen-bond donors (Lipinski definition) is 3. The molecule has 6 heteroatoms. The van der Waals surface area contributed by atoms with Crippen LogP contribution >= 0.6 is 24.8 Å². The minimum absolute atomic E-state index is 0. The Kier molecular flexibility index (Phi) is 10.1. The molecule has 0 spiro atoms. The molecule has 2 aromatic rings. The summed E-state index contributed by atoms with van der Waals surface area (Å²) in [5, 5.41) is 2.05. The van der Waals surface area contributed by atoms with Crippen LogP contribution in [-0.4, -0.2) is 51.9 Å². The van der Waals surface area contributed by atoms with Gasteiger partial charge in [-0.1, -0.05) is 36.5 Å². The first-order valence-electron chi connectivity index (χ1n) is 6.51. The number of nitrogens with zero attached hydrogens (tertiary/aromatic N) is 1. The third-order valence-corrected chi connectivity index (χ3v) is 3.56. The van der Waals surface area contributed by atoms with Crippen LogP contribution in [-0.2, 0) is 0 Å². The Balaban J connectivity index is 0.000000397. The molecule has 0 aromatic heterocycles. The van der Waals surface area contributed by atoms with Crippen LogP contribution in [0.3, 0.4) is 0 Å². The van der Waals surface area contributed by atoms with E-state index in [0.29, 0.717) is 4.32 Å². The number of thiocarbonyl (C=S) groups is 1. The van der Waals surface area contributed by atoms with Crippen LogP contribution in [0.25, 0.3) is 10.8 Å². The first-order chi connectivity index (χ1) is 9.51. The number of nitrogens with two attached hydrogens (primary N) is 2. The Labute approximate surface area is 159 Å². The molecule has 2 rings (SSSR count). The second-order valence-electron chi connectivity index (χ2n) is 4.24. The predicted octanol–water partition coefficient (Wildman–Crippen LogP) is 2.90. The number of rotatable bonds is 2. The van der Waals surface area contributed by atoms with Crippen molar-refractivity contribution in [3.63, 3.8) is 0 Å². The third-order valence-electron chi connectivity index (χ3n) is 3.02. The van der Waals surface area contributed by atoms with Crippen LogP contribution in [0.2, 0.25) is 0 Å². The van der Waals surface area contributed by atoms with Crippen molar-refractivity contribution in [3.05, 3.63) is 36.4 Å². The fourth-order valence-electron chi connectivity index (χ4n) is 1.85. The molecule has 3 nitrogen and oxygen atoms in total. The van der Waals surface area contributed by atoms with Gasteiger partial charge in [-0.3, -0.25) is 0 Å². The predicted molar refractivity (Wildman–Crippen MR) is 104 cm³/mol. The number of fused-ring (bicyclic) bond motifs is 1.